The van der Waals surface area contributed by atoms with Crippen molar-refractivity contribution in [2.45, 2.75) is 13.2 Å². The summed E-state index contributed by atoms with van der Waals surface area (Å²) in [6.45, 7) is 1.39. The fraction of sp³-hybridized carbons (Fsp3) is 0.200. The van der Waals surface area contributed by atoms with Gasteiger partial charge in [0.25, 0.3) is 5.91 Å². The number of carbonyl (C=O) groups excluding carboxylic acids is 1. The summed E-state index contributed by atoms with van der Waals surface area (Å²) >= 11 is 5.53. The molecule has 9 heteroatoms. The van der Waals surface area contributed by atoms with E-state index in [0.29, 0.717) is 10.7 Å². The number of hydrogen-bond acceptors (Lipinski definition) is 4. The molecular formula is C10H9I3N2O4. The van der Waals surface area contributed by atoms with E-state index in [2.05, 4.69) is 5.32 Å². The lowest BCUT2D eigenvalue weighted by molar-refractivity contribution is 0.0694. The number of halogens is 3. The minimum atomic E-state index is -1.15. The summed E-state index contributed by atoms with van der Waals surface area (Å²) in [6.07, 6.45) is -1.03. The van der Waals surface area contributed by atoms with Gasteiger partial charge in [0.05, 0.1) is 24.0 Å². The monoisotopic (exact) mass is 602 g/mol. The zero-order valence-corrected chi connectivity index (χ0v) is 16.0. The lowest BCUT2D eigenvalue weighted by Crippen LogP contribution is -2.34. The molecule has 1 atom stereocenters. The number of aliphatic hydroxyl groups is 1. The minimum absolute atomic E-state index is 0.00476. The van der Waals surface area contributed by atoms with Crippen LogP contribution in [0.1, 0.15) is 27.6 Å². The van der Waals surface area contributed by atoms with Gasteiger partial charge in [-0.2, -0.15) is 0 Å². The molecule has 0 spiro atoms. The first-order chi connectivity index (χ1) is 8.68. The Morgan fingerprint density at radius 3 is 2.05 bits per heavy atom. The maximum Gasteiger partial charge on any atom is 0.337 e. The first-order valence-corrected chi connectivity index (χ1v) is 8.10. The summed E-state index contributed by atoms with van der Waals surface area (Å²) in [5.41, 5.74) is 6.24. The molecule has 19 heavy (non-hydrogen) atoms. The maximum atomic E-state index is 12.0. The average Bonchev–Trinajstić information content (AvgIpc) is 2.24. The number of amides is 1. The molecule has 0 bridgehead atoms. The summed E-state index contributed by atoms with van der Waals surface area (Å²) in [7, 11) is 0. The van der Waals surface area contributed by atoms with Crippen LogP contribution in [0.15, 0.2) is 0 Å². The zero-order valence-electron chi connectivity index (χ0n) is 9.50. The number of anilines is 1. The smallest absolute Gasteiger partial charge is 0.337 e. The van der Waals surface area contributed by atoms with Gasteiger partial charge in [-0.25, -0.2) is 4.79 Å². The molecule has 0 radical (unpaired) electrons. The van der Waals surface area contributed by atoms with Crippen molar-refractivity contribution in [2.75, 3.05) is 5.73 Å². The highest BCUT2D eigenvalue weighted by atomic mass is 127. The molecule has 1 amide bonds. The van der Waals surface area contributed by atoms with Crippen LogP contribution in [0, 0.1) is 10.7 Å². The van der Waals surface area contributed by atoms with Crippen molar-refractivity contribution >= 4 is 85.3 Å². The molecule has 0 aromatic heterocycles. The fourth-order valence-corrected chi connectivity index (χ4v) is 5.45. The number of aliphatic hydroxyl groups excluding tert-OH is 1. The van der Waals surface area contributed by atoms with Crippen LogP contribution >= 0.6 is 67.8 Å². The zero-order chi connectivity index (χ0) is 14.9. The van der Waals surface area contributed by atoms with Crippen molar-refractivity contribution in [3.63, 3.8) is 0 Å². The highest BCUT2D eigenvalue weighted by Crippen LogP contribution is 2.33. The number of hydrogen-bond donors (Lipinski definition) is 4. The number of carboxylic acids is 1. The SMILES string of the molecule is CC(O)NC(=O)c1c(I)c(N)c(I)c(C(=O)O)c1I. The number of rotatable bonds is 3. The first-order valence-electron chi connectivity index (χ1n) is 4.86. The van der Waals surface area contributed by atoms with Crippen molar-refractivity contribution in [1.82, 2.24) is 5.32 Å². The molecule has 0 saturated heterocycles. The molecule has 1 rings (SSSR count). The number of carboxylic acid groups (broad SMARTS) is 1. The van der Waals surface area contributed by atoms with Crippen LogP contribution in [-0.2, 0) is 0 Å². The predicted molar refractivity (Wildman–Crippen MR) is 95.1 cm³/mol. The number of benzene rings is 1. The Bertz CT molecular complexity index is 560. The Balaban J connectivity index is 3.57. The third kappa shape index (κ3) is 3.60. The van der Waals surface area contributed by atoms with Crippen molar-refractivity contribution in [3.05, 3.63) is 21.8 Å². The third-order valence-electron chi connectivity index (χ3n) is 2.13. The number of carbonyl (C=O) groups is 2. The van der Waals surface area contributed by atoms with Gasteiger partial charge in [-0.15, -0.1) is 0 Å². The van der Waals surface area contributed by atoms with Crippen LogP contribution in [0.2, 0.25) is 0 Å². The van der Waals surface area contributed by atoms with Crippen LogP contribution in [0.4, 0.5) is 5.69 Å². The van der Waals surface area contributed by atoms with Crippen molar-refractivity contribution in [3.8, 4) is 0 Å². The van der Waals surface area contributed by atoms with Crippen LogP contribution < -0.4 is 11.1 Å². The molecule has 0 heterocycles. The molecule has 0 aliphatic heterocycles. The van der Waals surface area contributed by atoms with Gasteiger partial charge in [0.2, 0.25) is 0 Å². The first kappa shape index (κ1) is 17.2. The molecule has 0 aliphatic carbocycles. The second-order valence-electron chi connectivity index (χ2n) is 3.56. The van der Waals surface area contributed by atoms with Gasteiger partial charge in [-0.3, -0.25) is 4.79 Å². The van der Waals surface area contributed by atoms with E-state index in [0.717, 1.165) is 0 Å². The Labute approximate surface area is 149 Å². The summed E-state index contributed by atoms with van der Waals surface area (Å²) in [6, 6.07) is 0. The Morgan fingerprint density at radius 1 is 1.16 bits per heavy atom. The Morgan fingerprint density at radius 2 is 1.63 bits per heavy atom. The molecule has 0 saturated carbocycles. The molecule has 104 valence electrons. The van der Waals surface area contributed by atoms with E-state index in [1.165, 1.54) is 6.92 Å². The van der Waals surface area contributed by atoms with E-state index in [-0.39, 0.29) is 16.8 Å². The second kappa shape index (κ2) is 6.71. The van der Waals surface area contributed by atoms with Crippen LogP contribution in [0.25, 0.3) is 0 Å². The molecule has 1 unspecified atom stereocenters. The topological polar surface area (TPSA) is 113 Å². The fourth-order valence-electron chi connectivity index (χ4n) is 1.33. The van der Waals surface area contributed by atoms with Gasteiger partial charge in [0.1, 0.15) is 6.23 Å². The second-order valence-corrected chi connectivity index (χ2v) is 6.80. The molecule has 0 fully saturated rings. The van der Waals surface area contributed by atoms with E-state index in [4.69, 9.17) is 5.73 Å². The summed E-state index contributed by atoms with van der Waals surface area (Å²) in [5.74, 6) is -1.71. The van der Waals surface area contributed by atoms with Gasteiger partial charge in [-0.1, -0.05) is 0 Å². The van der Waals surface area contributed by atoms with E-state index in [1.54, 1.807) is 22.6 Å². The number of nitrogen functional groups attached to an aromatic ring is 1. The summed E-state index contributed by atoms with van der Waals surface area (Å²) < 4.78 is 1.16. The predicted octanol–water partition coefficient (Wildman–Crippen LogP) is 1.85. The molecule has 1 aromatic carbocycles. The Kier molecular flexibility index (Phi) is 6.06. The van der Waals surface area contributed by atoms with Crippen LogP contribution in [0.5, 0.6) is 0 Å². The van der Waals surface area contributed by atoms with Crippen molar-refractivity contribution < 1.29 is 19.8 Å². The lowest BCUT2D eigenvalue weighted by Gasteiger charge is -2.16. The number of nitrogens with two attached hydrogens (primary N) is 1. The van der Waals surface area contributed by atoms with Gasteiger partial charge >= 0.3 is 5.97 Å². The van der Waals surface area contributed by atoms with Crippen molar-refractivity contribution in [2.24, 2.45) is 0 Å². The highest BCUT2D eigenvalue weighted by molar-refractivity contribution is 14.1. The van der Waals surface area contributed by atoms with Crippen LogP contribution in [-0.4, -0.2) is 28.3 Å². The molecule has 6 nitrogen and oxygen atoms in total. The molecule has 1 aromatic rings. The summed E-state index contributed by atoms with van der Waals surface area (Å²) in [4.78, 5) is 23.3. The van der Waals surface area contributed by atoms with Gasteiger partial charge in [-0.05, 0) is 74.7 Å². The molecular weight excluding hydrogens is 593 g/mol. The molecule has 0 aliphatic rings. The average molecular weight is 602 g/mol. The van der Waals surface area contributed by atoms with Crippen LogP contribution in [0.3, 0.4) is 0 Å². The quantitative estimate of drug-likeness (QED) is 0.240. The highest BCUT2D eigenvalue weighted by Gasteiger charge is 2.26. The number of aromatic carboxylic acids is 1. The van der Waals surface area contributed by atoms with Gasteiger partial charge in [0, 0.05) is 3.57 Å². The van der Waals surface area contributed by atoms with Gasteiger partial charge < -0.3 is 21.3 Å². The van der Waals surface area contributed by atoms with Crippen molar-refractivity contribution in [1.29, 1.82) is 0 Å². The minimum Gasteiger partial charge on any atom is -0.478 e. The normalized spacial score (nSPS) is 12.1. The van der Waals surface area contributed by atoms with E-state index in [1.807, 2.05) is 45.2 Å². The number of nitrogens with one attached hydrogen (secondary N) is 1. The van der Waals surface area contributed by atoms with E-state index in [9.17, 15) is 19.8 Å². The standard InChI is InChI=1S/C10H9I3N2O4/c1-2(16)15-9(17)3-5(11)4(10(18)19)7(13)8(14)6(3)12/h2,16H,14H2,1H3,(H,15,17)(H,18,19). The van der Waals surface area contributed by atoms with E-state index >= 15 is 0 Å². The largest absolute Gasteiger partial charge is 0.478 e. The van der Waals surface area contributed by atoms with E-state index < -0.39 is 18.1 Å². The summed E-state index contributed by atoms with van der Waals surface area (Å²) in [5, 5.41) is 20.7. The maximum absolute atomic E-state index is 12.0. The van der Waals surface area contributed by atoms with Gasteiger partial charge in [0.15, 0.2) is 0 Å². The lowest BCUT2D eigenvalue weighted by atomic mass is 10.1. The Hall–Kier alpha value is 0.110. The third-order valence-corrected chi connectivity index (χ3v) is 5.45. The molecule has 5 N–H and O–H groups in total.